The highest BCUT2D eigenvalue weighted by molar-refractivity contribution is 5.92. The van der Waals surface area contributed by atoms with Crippen LogP contribution in [-0.2, 0) is 16.0 Å². The number of benzene rings is 2. The molecule has 144 valence electrons. The zero-order chi connectivity index (χ0) is 19.9. The van der Waals surface area contributed by atoms with E-state index in [2.05, 4.69) is 15.6 Å². The quantitative estimate of drug-likeness (QED) is 0.650. The van der Waals surface area contributed by atoms with Crippen LogP contribution < -0.4 is 15.4 Å². The molecule has 0 spiro atoms. The summed E-state index contributed by atoms with van der Waals surface area (Å²) in [6, 6.07) is 14.4. The maximum Gasteiger partial charge on any atom is 0.224 e. The summed E-state index contributed by atoms with van der Waals surface area (Å²) in [5.41, 5.74) is 2.20. The molecule has 7 nitrogen and oxygen atoms in total. The third-order valence-corrected chi connectivity index (χ3v) is 3.96. The summed E-state index contributed by atoms with van der Waals surface area (Å²) in [7, 11) is 1.61. The van der Waals surface area contributed by atoms with Gasteiger partial charge in [0.1, 0.15) is 5.75 Å². The standard InChI is InChI=1S/C21H21N3O4/c1-14(25)23-16-6-8-17(9-7-16)24-20(26)10-11-21-22-13-19(28-21)15-4-3-5-18(12-15)27-2/h3-9,12-13H,10-11H2,1-2H3,(H,23,25)(H,24,26). The van der Waals surface area contributed by atoms with Crippen molar-refractivity contribution in [2.45, 2.75) is 19.8 Å². The smallest absolute Gasteiger partial charge is 0.224 e. The molecule has 0 saturated carbocycles. The molecule has 0 aliphatic heterocycles. The molecule has 0 fully saturated rings. The number of methoxy groups -OCH3 is 1. The van der Waals surface area contributed by atoms with Gasteiger partial charge in [-0.25, -0.2) is 4.98 Å². The zero-order valence-electron chi connectivity index (χ0n) is 15.7. The van der Waals surface area contributed by atoms with Gasteiger partial charge < -0.3 is 19.8 Å². The van der Waals surface area contributed by atoms with Crippen LogP contribution in [0.4, 0.5) is 11.4 Å². The van der Waals surface area contributed by atoms with Crippen molar-refractivity contribution in [1.82, 2.24) is 4.98 Å². The van der Waals surface area contributed by atoms with Gasteiger partial charge in [-0.2, -0.15) is 0 Å². The third-order valence-electron chi connectivity index (χ3n) is 3.96. The topological polar surface area (TPSA) is 93.5 Å². The fraction of sp³-hybridized carbons (Fsp3) is 0.190. The first-order valence-corrected chi connectivity index (χ1v) is 8.80. The van der Waals surface area contributed by atoms with Crippen LogP contribution in [0.2, 0.25) is 0 Å². The predicted octanol–water partition coefficient (Wildman–Crippen LogP) is 3.88. The van der Waals surface area contributed by atoms with Gasteiger partial charge in [0.15, 0.2) is 11.7 Å². The molecule has 3 rings (SSSR count). The van der Waals surface area contributed by atoms with Crippen molar-refractivity contribution in [1.29, 1.82) is 0 Å². The summed E-state index contributed by atoms with van der Waals surface area (Å²) in [6.45, 7) is 1.44. The van der Waals surface area contributed by atoms with E-state index in [1.165, 1.54) is 6.92 Å². The normalized spacial score (nSPS) is 10.4. The molecule has 2 N–H and O–H groups in total. The van der Waals surface area contributed by atoms with E-state index in [9.17, 15) is 9.59 Å². The highest BCUT2D eigenvalue weighted by Gasteiger charge is 2.10. The lowest BCUT2D eigenvalue weighted by Crippen LogP contribution is -2.12. The summed E-state index contributed by atoms with van der Waals surface area (Å²) in [4.78, 5) is 27.4. The molecule has 0 unspecified atom stereocenters. The van der Waals surface area contributed by atoms with Crippen LogP contribution in [0.15, 0.2) is 59.1 Å². The van der Waals surface area contributed by atoms with Crippen LogP contribution in [0.3, 0.4) is 0 Å². The molecule has 1 heterocycles. The summed E-state index contributed by atoms with van der Waals surface area (Å²) >= 11 is 0. The van der Waals surface area contributed by atoms with Gasteiger partial charge in [0.25, 0.3) is 0 Å². The van der Waals surface area contributed by atoms with Crippen LogP contribution in [0.5, 0.6) is 5.75 Å². The van der Waals surface area contributed by atoms with Gasteiger partial charge in [-0.1, -0.05) is 12.1 Å². The SMILES string of the molecule is COc1cccc(-c2cnc(CCC(=O)Nc3ccc(NC(C)=O)cc3)o2)c1. The molecule has 28 heavy (non-hydrogen) atoms. The zero-order valence-corrected chi connectivity index (χ0v) is 15.7. The number of amides is 2. The molecule has 0 radical (unpaired) electrons. The maximum absolute atomic E-state index is 12.1. The number of anilines is 2. The summed E-state index contributed by atoms with van der Waals surface area (Å²) < 4.78 is 10.9. The Balaban J connectivity index is 1.53. The fourth-order valence-electron chi connectivity index (χ4n) is 2.62. The first kappa shape index (κ1) is 19.2. The molecule has 2 amide bonds. The van der Waals surface area contributed by atoms with E-state index in [-0.39, 0.29) is 18.2 Å². The molecule has 0 saturated heterocycles. The Morgan fingerprint density at radius 1 is 1.07 bits per heavy atom. The minimum Gasteiger partial charge on any atom is -0.497 e. The van der Waals surface area contributed by atoms with Crippen LogP contribution >= 0.6 is 0 Å². The largest absolute Gasteiger partial charge is 0.497 e. The van der Waals surface area contributed by atoms with Gasteiger partial charge in [0.05, 0.1) is 13.3 Å². The minimum absolute atomic E-state index is 0.143. The molecule has 1 aromatic heterocycles. The maximum atomic E-state index is 12.1. The van der Waals surface area contributed by atoms with Crippen molar-refractivity contribution in [3.05, 3.63) is 60.6 Å². The average molecular weight is 379 g/mol. The van der Waals surface area contributed by atoms with Crippen LogP contribution in [0.25, 0.3) is 11.3 Å². The number of carbonyl (C=O) groups is 2. The lowest BCUT2D eigenvalue weighted by molar-refractivity contribution is -0.116. The van der Waals surface area contributed by atoms with Crippen molar-refractivity contribution < 1.29 is 18.7 Å². The highest BCUT2D eigenvalue weighted by atomic mass is 16.5. The molecular weight excluding hydrogens is 358 g/mol. The van der Waals surface area contributed by atoms with E-state index < -0.39 is 0 Å². The molecule has 0 aliphatic carbocycles. The number of rotatable bonds is 7. The Bertz CT molecular complexity index is 964. The Labute approximate surface area is 162 Å². The number of carbonyl (C=O) groups excluding carboxylic acids is 2. The summed E-state index contributed by atoms with van der Waals surface area (Å²) in [6.07, 6.45) is 2.27. The average Bonchev–Trinajstić information content (AvgIpc) is 3.17. The van der Waals surface area contributed by atoms with Crippen molar-refractivity contribution in [3.63, 3.8) is 0 Å². The molecule has 7 heteroatoms. The minimum atomic E-state index is -0.145. The third kappa shape index (κ3) is 5.20. The summed E-state index contributed by atoms with van der Waals surface area (Å²) in [5, 5.41) is 5.48. The van der Waals surface area contributed by atoms with E-state index in [1.54, 1.807) is 37.6 Å². The molecule has 0 aliphatic rings. The van der Waals surface area contributed by atoms with E-state index in [0.29, 0.717) is 29.4 Å². The van der Waals surface area contributed by atoms with Crippen molar-refractivity contribution in [2.24, 2.45) is 0 Å². The van der Waals surface area contributed by atoms with Gasteiger partial charge in [0.2, 0.25) is 11.8 Å². The number of aromatic nitrogens is 1. The highest BCUT2D eigenvalue weighted by Crippen LogP contribution is 2.24. The van der Waals surface area contributed by atoms with Crippen LogP contribution in [0.1, 0.15) is 19.2 Å². The second-order valence-electron chi connectivity index (χ2n) is 6.16. The predicted molar refractivity (Wildman–Crippen MR) is 106 cm³/mol. The lowest BCUT2D eigenvalue weighted by Gasteiger charge is -2.06. The van der Waals surface area contributed by atoms with Crippen molar-refractivity contribution >= 4 is 23.2 Å². The van der Waals surface area contributed by atoms with Gasteiger partial charge in [0, 0.05) is 36.7 Å². The van der Waals surface area contributed by atoms with E-state index >= 15 is 0 Å². The number of nitrogens with zero attached hydrogens (tertiary/aromatic N) is 1. The second-order valence-corrected chi connectivity index (χ2v) is 6.16. The molecule has 2 aromatic carbocycles. The number of ether oxygens (including phenoxy) is 1. The summed E-state index contributed by atoms with van der Waals surface area (Å²) in [5.74, 6) is 1.57. The van der Waals surface area contributed by atoms with Gasteiger partial charge in [-0.15, -0.1) is 0 Å². The number of hydrogen-bond donors (Lipinski definition) is 2. The second kappa shape index (κ2) is 8.85. The number of oxazole rings is 1. The molecule has 3 aromatic rings. The number of nitrogens with one attached hydrogen (secondary N) is 2. The Morgan fingerprint density at radius 2 is 1.79 bits per heavy atom. The lowest BCUT2D eigenvalue weighted by atomic mass is 10.2. The van der Waals surface area contributed by atoms with Crippen LogP contribution in [-0.4, -0.2) is 23.9 Å². The monoisotopic (exact) mass is 379 g/mol. The fourth-order valence-corrected chi connectivity index (χ4v) is 2.62. The van der Waals surface area contributed by atoms with Gasteiger partial charge in [-0.05, 0) is 36.4 Å². The molecular formula is C21H21N3O4. The number of hydrogen-bond acceptors (Lipinski definition) is 5. The van der Waals surface area contributed by atoms with E-state index in [4.69, 9.17) is 9.15 Å². The van der Waals surface area contributed by atoms with Crippen molar-refractivity contribution in [2.75, 3.05) is 17.7 Å². The molecule has 0 atom stereocenters. The Morgan fingerprint density at radius 3 is 2.46 bits per heavy atom. The number of aryl methyl sites for hydroxylation is 1. The van der Waals surface area contributed by atoms with Gasteiger partial charge in [-0.3, -0.25) is 9.59 Å². The van der Waals surface area contributed by atoms with Crippen LogP contribution in [0, 0.1) is 0 Å². The van der Waals surface area contributed by atoms with E-state index in [0.717, 1.165) is 11.3 Å². The Kier molecular flexibility index (Phi) is 6.06. The first-order valence-electron chi connectivity index (χ1n) is 8.80. The molecule has 0 bridgehead atoms. The van der Waals surface area contributed by atoms with Crippen molar-refractivity contribution in [3.8, 4) is 17.1 Å². The Hall–Kier alpha value is -3.61. The first-order chi connectivity index (χ1) is 13.5. The van der Waals surface area contributed by atoms with E-state index in [1.807, 2.05) is 24.3 Å². The van der Waals surface area contributed by atoms with Gasteiger partial charge >= 0.3 is 0 Å².